The van der Waals surface area contributed by atoms with Crippen LogP contribution in [0.4, 0.5) is 14.5 Å². The van der Waals surface area contributed by atoms with Crippen molar-refractivity contribution in [3.05, 3.63) is 29.8 Å². The van der Waals surface area contributed by atoms with E-state index < -0.39 is 12.5 Å². The summed E-state index contributed by atoms with van der Waals surface area (Å²) in [5, 5.41) is 11.4. The Balaban J connectivity index is 2.56. The van der Waals surface area contributed by atoms with Gasteiger partial charge in [-0.05, 0) is 31.0 Å². The van der Waals surface area contributed by atoms with Crippen LogP contribution in [0.1, 0.15) is 12.5 Å². The Morgan fingerprint density at radius 2 is 1.87 bits per heavy atom. The molecule has 0 bridgehead atoms. The van der Waals surface area contributed by atoms with E-state index >= 15 is 0 Å². The van der Waals surface area contributed by atoms with Crippen LogP contribution in [0.2, 0.25) is 0 Å². The first-order valence-electron chi connectivity index (χ1n) is 4.88. The Morgan fingerprint density at radius 1 is 1.27 bits per heavy atom. The van der Waals surface area contributed by atoms with Crippen LogP contribution in [0.3, 0.4) is 0 Å². The molecule has 0 spiro atoms. The van der Waals surface area contributed by atoms with Crippen LogP contribution < -0.4 is 5.32 Å². The maximum Gasteiger partial charge on any atom is 0.258 e. The molecule has 0 fully saturated rings. The van der Waals surface area contributed by atoms with E-state index in [4.69, 9.17) is 5.11 Å². The molecule has 0 saturated heterocycles. The molecule has 0 aliphatic heterocycles. The topological polar surface area (TPSA) is 32.3 Å². The second-order valence-corrected chi connectivity index (χ2v) is 3.44. The van der Waals surface area contributed by atoms with Crippen molar-refractivity contribution in [2.75, 3.05) is 11.9 Å². The number of nitrogens with one attached hydrogen (secondary N) is 1. The quantitative estimate of drug-likeness (QED) is 0.789. The molecule has 0 radical (unpaired) electrons. The maximum atomic E-state index is 12.2. The van der Waals surface area contributed by atoms with Crippen molar-refractivity contribution in [3.8, 4) is 0 Å². The zero-order chi connectivity index (χ0) is 11.3. The van der Waals surface area contributed by atoms with Crippen LogP contribution >= 0.6 is 0 Å². The lowest BCUT2D eigenvalue weighted by Gasteiger charge is -2.14. The second kappa shape index (κ2) is 5.66. The summed E-state index contributed by atoms with van der Waals surface area (Å²) < 4.78 is 24.4. The molecule has 1 aromatic carbocycles. The van der Waals surface area contributed by atoms with Crippen molar-refractivity contribution in [1.29, 1.82) is 0 Å². The molecule has 0 heterocycles. The fourth-order valence-corrected chi connectivity index (χ4v) is 1.22. The van der Waals surface area contributed by atoms with Gasteiger partial charge >= 0.3 is 0 Å². The van der Waals surface area contributed by atoms with Crippen molar-refractivity contribution < 1.29 is 13.9 Å². The van der Waals surface area contributed by atoms with Crippen LogP contribution in [0.25, 0.3) is 0 Å². The second-order valence-electron chi connectivity index (χ2n) is 3.44. The van der Waals surface area contributed by atoms with Crippen molar-refractivity contribution >= 4 is 5.69 Å². The number of anilines is 1. The van der Waals surface area contributed by atoms with Gasteiger partial charge in [0, 0.05) is 12.3 Å². The van der Waals surface area contributed by atoms with Crippen LogP contribution in [0.15, 0.2) is 24.3 Å². The average Bonchev–Trinajstić information content (AvgIpc) is 2.21. The summed E-state index contributed by atoms with van der Waals surface area (Å²) >= 11 is 0. The van der Waals surface area contributed by atoms with E-state index in [0.29, 0.717) is 12.1 Å². The molecular weight excluding hydrogens is 200 g/mol. The molecule has 0 saturated carbocycles. The predicted octanol–water partition coefficient (Wildman–Crippen LogP) is 2.29. The summed E-state index contributed by atoms with van der Waals surface area (Å²) in [5.41, 5.74) is 1.66. The average molecular weight is 215 g/mol. The van der Waals surface area contributed by atoms with Gasteiger partial charge in [-0.15, -0.1) is 0 Å². The standard InChI is InChI=1S/C11H15F2NO/c1-8(11(12)13)14-10-4-2-9(3-5-10)6-7-15/h2-5,8,11,14-15H,6-7H2,1H3. The minimum absolute atomic E-state index is 0.0974. The number of halogens is 2. The fourth-order valence-electron chi connectivity index (χ4n) is 1.22. The molecule has 1 unspecified atom stereocenters. The third-order valence-corrected chi connectivity index (χ3v) is 2.13. The minimum Gasteiger partial charge on any atom is -0.396 e. The van der Waals surface area contributed by atoms with E-state index in [2.05, 4.69) is 5.32 Å². The van der Waals surface area contributed by atoms with E-state index in [1.54, 1.807) is 12.1 Å². The molecule has 2 N–H and O–H groups in total. The molecular formula is C11H15F2NO. The van der Waals surface area contributed by atoms with Crippen molar-refractivity contribution in [2.24, 2.45) is 0 Å². The third-order valence-electron chi connectivity index (χ3n) is 2.13. The number of aliphatic hydroxyl groups excluding tert-OH is 1. The van der Waals surface area contributed by atoms with Gasteiger partial charge < -0.3 is 10.4 Å². The molecule has 4 heteroatoms. The van der Waals surface area contributed by atoms with Crippen LogP contribution in [-0.2, 0) is 6.42 Å². The van der Waals surface area contributed by atoms with Gasteiger partial charge in [0.1, 0.15) is 0 Å². The monoisotopic (exact) mass is 215 g/mol. The van der Waals surface area contributed by atoms with Crippen molar-refractivity contribution in [2.45, 2.75) is 25.8 Å². The highest BCUT2D eigenvalue weighted by molar-refractivity contribution is 5.45. The van der Waals surface area contributed by atoms with Crippen molar-refractivity contribution in [1.82, 2.24) is 0 Å². The molecule has 1 aromatic rings. The first kappa shape index (κ1) is 11.9. The predicted molar refractivity (Wildman–Crippen MR) is 56.3 cm³/mol. The highest BCUT2D eigenvalue weighted by Gasteiger charge is 2.13. The Morgan fingerprint density at radius 3 is 2.33 bits per heavy atom. The van der Waals surface area contributed by atoms with E-state index in [0.717, 1.165) is 5.56 Å². The third kappa shape index (κ3) is 3.83. The zero-order valence-corrected chi connectivity index (χ0v) is 8.58. The largest absolute Gasteiger partial charge is 0.396 e. The normalized spacial score (nSPS) is 12.9. The number of rotatable bonds is 5. The number of hydrogen-bond donors (Lipinski definition) is 2. The molecule has 2 nitrogen and oxygen atoms in total. The minimum atomic E-state index is -2.37. The van der Waals surface area contributed by atoms with Gasteiger partial charge in [-0.1, -0.05) is 12.1 Å². The summed E-state index contributed by atoms with van der Waals surface area (Å²) in [4.78, 5) is 0. The van der Waals surface area contributed by atoms with Gasteiger partial charge in [-0.3, -0.25) is 0 Å². The number of alkyl halides is 2. The molecule has 0 aromatic heterocycles. The first-order valence-corrected chi connectivity index (χ1v) is 4.88. The van der Waals surface area contributed by atoms with E-state index in [9.17, 15) is 8.78 Å². The van der Waals surface area contributed by atoms with E-state index in [1.807, 2.05) is 12.1 Å². The van der Waals surface area contributed by atoms with Gasteiger partial charge in [0.2, 0.25) is 0 Å². The smallest absolute Gasteiger partial charge is 0.258 e. The lowest BCUT2D eigenvalue weighted by atomic mass is 10.1. The molecule has 0 aliphatic rings. The molecule has 1 atom stereocenters. The van der Waals surface area contributed by atoms with Gasteiger partial charge in [0.05, 0.1) is 6.04 Å². The lowest BCUT2D eigenvalue weighted by molar-refractivity contribution is 0.131. The SMILES string of the molecule is CC(Nc1ccc(CCO)cc1)C(F)F. The Bertz CT molecular complexity index is 287. The van der Waals surface area contributed by atoms with Gasteiger partial charge in [0.25, 0.3) is 6.43 Å². The summed E-state index contributed by atoms with van der Waals surface area (Å²) in [6, 6.07) is 6.26. The summed E-state index contributed by atoms with van der Waals surface area (Å²) in [6.45, 7) is 1.53. The highest BCUT2D eigenvalue weighted by atomic mass is 19.3. The highest BCUT2D eigenvalue weighted by Crippen LogP contribution is 2.13. The summed E-state index contributed by atoms with van der Waals surface area (Å²) in [6.07, 6.45) is -1.79. The van der Waals surface area contributed by atoms with Crippen LogP contribution in [-0.4, -0.2) is 24.2 Å². The lowest BCUT2D eigenvalue weighted by Crippen LogP contribution is -2.23. The molecule has 0 amide bonds. The number of hydrogen-bond acceptors (Lipinski definition) is 2. The summed E-state index contributed by atoms with van der Waals surface area (Å²) in [5.74, 6) is 0. The maximum absolute atomic E-state index is 12.2. The van der Waals surface area contributed by atoms with E-state index in [1.165, 1.54) is 6.92 Å². The van der Waals surface area contributed by atoms with Crippen molar-refractivity contribution in [3.63, 3.8) is 0 Å². The fraction of sp³-hybridized carbons (Fsp3) is 0.455. The first-order chi connectivity index (χ1) is 7.13. The van der Waals surface area contributed by atoms with Gasteiger partial charge in [-0.25, -0.2) is 8.78 Å². The van der Waals surface area contributed by atoms with E-state index in [-0.39, 0.29) is 6.61 Å². The number of aliphatic hydroxyl groups is 1. The van der Waals surface area contributed by atoms with Crippen LogP contribution in [0.5, 0.6) is 0 Å². The zero-order valence-electron chi connectivity index (χ0n) is 8.58. The number of benzene rings is 1. The Labute approximate surface area is 87.9 Å². The Hall–Kier alpha value is -1.16. The molecule has 1 rings (SSSR count). The van der Waals surface area contributed by atoms with Gasteiger partial charge in [0.15, 0.2) is 0 Å². The van der Waals surface area contributed by atoms with Crippen LogP contribution in [0, 0.1) is 0 Å². The molecule has 0 aliphatic carbocycles. The molecule has 15 heavy (non-hydrogen) atoms. The summed E-state index contributed by atoms with van der Waals surface area (Å²) in [7, 11) is 0. The Kier molecular flexibility index (Phi) is 4.49. The van der Waals surface area contributed by atoms with Gasteiger partial charge in [-0.2, -0.15) is 0 Å². The molecule has 84 valence electrons.